The van der Waals surface area contributed by atoms with E-state index < -0.39 is 12.4 Å². The van der Waals surface area contributed by atoms with E-state index in [1.807, 2.05) is 0 Å². The highest BCUT2D eigenvalue weighted by Crippen LogP contribution is 2.25. The van der Waals surface area contributed by atoms with Crippen LogP contribution in [0.3, 0.4) is 0 Å². The van der Waals surface area contributed by atoms with E-state index in [1.165, 1.54) is 20.1 Å². The molecule has 0 unspecified atom stereocenters. The molecular formula is C11H10F2N2O2. The summed E-state index contributed by atoms with van der Waals surface area (Å²) in [5, 5.41) is 8.78. The second-order valence-corrected chi connectivity index (χ2v) is 3.33. The predicted molar refractivity (Wildman–Crippen MR) is 54.4 cm³/mol. The molecule has 0 bridgehead atoms. The Hall–Kier alpha value is -2.03. The van der Waals surface area contributed by atoms with Crippen molar-refractivity contribution in [3.63, 3.8) is 0 Å². The number of ether oxygens (including phenoxy) is 1. The number of aryl methyl sites for hydroxylation is 1. The Morgan fingerprint density at radius 2 is 2.29 bits per heavy atom. The zero-order valence-electron chi connectivity index (χ0n) is 9.33. The average Bonchev–Trinajstić information content (AvgIpc) is 2.27. The lowest BCUT2D eigenvalue weighted by molar-refractivity contribution is -0.139. The van der Waals surface area contributed by atoms with Gasteiger partial charge in [0.2, 0.25) is 0 Å². The van der Waals surface area contributed by atoms with Crippen molar-refractivity contribution in [1.29, 1.82) is 5.26 Å². The van der Waals surface area contributed by atoms with Crippen LogP contribution in [0, 0.1) is 18.3 Å². The van der Waals surface area contributed by atoms with Gasteiger partial charge in [-0.2, -0.15) is 5.26 Å². The van der Waals surface area contributed by atoms with Crippen LogP contribution in [0.5, 0.6) is 0 Å². The van der Waals surface area contributed by atoms with E-state index in [-0.39, 0.29) is 28.9 Å². The van der Waals surface area contributed by atoms with Gasteiger partial charge >= 0.3 is 5.97 Å². The fourth-order valence-electron chi connectivity index (χ4n) is 1.43. The van der Waals surface area contributed by atoms with Gasteiger partial charge in [0.1, 0.15) is 0 Å². The standard InChI is InChI=1S/C11H10F2N2O2/c1-6-10(11(12)13)7(5-14)3-8(15-6)4-9(16)17-2/h3,11H,4H2,1-2H3. The van der Waals surface area contributed by atoms with Crippen molar-refractivity contribution in [2.45, 2.75) is 19.8 Å². The quantitative estimate of drug-likeness (QED) is 0.757. The maximum absolute atomic E-state index is 12.7. The van der Waals surface area contributed by atoms with E-state index >= 15 is 0 Å². The summed E-state index contributed by atoms with van der Waals surface area (Å²) < 4.78 is 29.7. The molecule has 1 aromatic rings. The third-order valence-corrected chi connectivity index (χ3v) is 2.19. The van der Waals surface area contributed by atoms with Crippen molar-refractivity contribution in [3.05, 3.63) is 28.6 Å². The SMILES string of the molecule is COC(=O)Cc1cc(C#N)c(C(F)F)c(C)n1. The molecule has 0 aliphatic heterocycles. The number of hydrogen-bond donors (Lipinski definition) is 0. The zero-order valence-corrected chi connectivity index (χ0v) is 9.33. The first kappa shape index (κ1) is 13.0. The van der Waals surface area contributed by atoms with Gasteiger partial charge in [-0.3, -0.25) is 9.78 Å². The minimum atomic E-state index is -2.76. The smallest absolute Gasteiger partial charge is 0.311 e. The van der Waals surface area contributed by atoms with Gasteiger partial charge in [-0.25, -0.2) is 8.78 Å². The molecular weight excluding hydrogens is 230 g/mol. The number of halogens is 2. The van der Waals surface area contributed by atoms with Crippen LogP contribution in [0.15, 0.2) is 6.07 Å². The zero-order chi connectivity index (χ0) is 13.0. The molecule has 0 saturated heterocycles. The number of carbonyl (C=O) groups is 1. The van der Waals surface area contributed by atoms with Gasteiger partial charge in [0.25, 0.3) is 6.43 Å². The number of pyridine rings is 1. The molecule has 6 heteroatoms. The van der Waals surface area contributed by atoms with E-state index in [0.717, 1.165) is 0 Å². The average molecular weight is 240 g/mol. The van der Waals surface area contributed by atoms with Crippen molar-refractivity contribution in [2.75, 3.05) is 7.11 Å². The number of nitrogens with zero attached hydrogens (tertiary/aromatic N) is 2. The van der Waals surface area contributed by atoms with E-state index in [4.69, 9.17) is 5.26 Å². The summed E-state index contributed by atoms with van der Waals surface area (Å²) in [4.78, 5) is 14.9. The largest absolute Gasteiger partial charge is 0.469 e. The van der Waals surface area contributed by atoms with Crippen LogP contribution < -0.4 is 0 Å². The van der Waals surface area contributed by atoms with E-state index in [1.54, 1.807) is 6.07 Å². The molecule has 0 radical (unpaired) electrons. The summed E-state index contributed by atoms with van der Waals surface area (Å²) in [6.07, 6.45) is -2.90. The third kappa shape index (κ3) is 2.97. The van der Waals surface area contributed by atoms with Crippen molar-refractivity contribution in [2.24, 2.45) is 0 Å². The highest BCUT2D eigenvalue weighted by atomic mass is 19.3. The molecule has 0 saturated carbocycles. The lowest BCUT2D eigenvalue weighted by Crippen LogP contribution is -2.09. The number of rotatable bonds is 3. The Kier molecular flexibility index (Phi) is 4.10. The summed E-state index contributed by atoms with van der Waals surface area (Å²) in [5.74, 6) is -0.536. The summed E-state index contributed by atoms with van der Waals surface area (Å²) >= 11 is 0. The highest BCUT2D eigenvalue weighted by molar-refractivity contribution is 5.72. The molecule has 17 heavy (non-hydrogen) atoms. The molecule has 90 valence electrons. The second kappa shape index (κ2) is 5.34. The maximum Gasteiger partial charge on any atom is 0.311 e. The fourth-order valence-corrected chi connectivity index (χ4v) is 1.43. The Bertz CT molecular complexity index is 481. The third-order valence-electron chi connectivity index (χ3n) is 2.19. The van der Waals surface area contributed by atoms with Crippen LogP contribution in [0.2, 0.25) is 0 Å². The van der Waals surface area contributed by atoms with Crippen LogP contribution >= 0.6 is 0 Å². The minimum absolute atomic E-state index is 0.0537. The number of alkyl halides is 2. The molecule has 0 amide bonds. The molecule has 0 spiro atoms. The van der Waals surface area contributed by atoms with Crippen LogP contribution in [-0.2, 0) is 16.0 Å². The Labute approximate surface area is 96.8 Å². The van der Waals surface area contributed by atoms with Gasteiger partial charge in [0.05, 0.1) is 36.4 Å². The van der Waals surface area contributed by atoms with Crippen LogP contribution in [0.1, 0.15) is 28.9 Å². The summed E-state index contributed by atoms with van der Waals surface area (Å²) in [7, 11) is 1.22. The first-order chi connectivity index (χ1) is 7.99. The summed E-state index contributed by atoms with van der Waals surface area (Å²) in [6.45, 7) is 1.38. The predicted octanol–water partition coefficient (Wildman–Crippen LogP) is 1.91. The first-order valence-electron chi connectivity index (χ1n) is 4.75. The van der Waals surface area contributed by atoms with Crippen LogP contribution in [0.25, 0.3) is 0 Å². The monoisotopic (exact) mass is 240 g/mol. The molecule has 0 atom stereocenters. The number of esters is 1. The van der Waals surface area contributed by atoms with Crippen molar-refractivity contribution in [3.8, 4) is 6.07 Å². The lowest BCUT2D eigenvalue weighted by atomic mass is 10.1. The Morgan fingerprint density at radius 1 is 1.65 bits per heavy atom. The Balaban J connectivity index is 3.19. The molecule has 1 rings (SSSR count). The molecule has 1 heterocycles. The van der Waals surface area contributed by atoms with Gasteiger partial charge in [-0.05, 0) is 13.0 Å². The van der Waals surface area contributed by atoms with Gasteiger partial charge in [-0.15, -0.1) is 0 Å². The molecule has 0 aliphatic carbocycles. The molecule has 1 aromatic heterocycles. The van der Waals surface area contributed by atoms with Crippen molar-refractivity contribution in [1.82, 2.24) is 4.98 Å². The van der Waals surface area contributed by atoms with Gasteiger partial charge < -0.3 is 4.74 Å². The molecule has 0 aliphatic rings. The topological polar surface area (TPSA) is 63.0 Å². The van der Waals surface area contributed by atoms with Crippen molar-refractivity contribution < 1.29 is 18.3 Å². The number of hydrogen-bond acceptors (Lipinski definition) is 4. The molecule has 0 aromatic carbocycles. The minimum Gasteiger partial charge on any atom is -0.469 e. The maximum atomic E-state index is 12.7. The fraction of sp³-hybridized carbons (Fsp3) is 0.364. The number of methoxy groups -OCH3 is 1. The van der Waals surface area contributed by atoms with E-state index in [2.05, 4.69) is 9.72 Å². The number of aromatic nitrogens is 1. The highest BCUT2D eigenvalue weighted by Gasteiger charge is 2.19. The summed E-state index contributed by atoms with van der Waals surface area (Å²) in [6, 6.07) is 2.86. The van der Waals surface area contributed by atoms with Crippen LogP contribution in [-0.4, -0.2) is 18.1 Å². The van der Waals surface area contributed by atoms with E-state index in [9.17, 15) is 13.6 Å². The van der Waals surface area contributed by atoms with E-state index in [0.29, 0.717) is 0 Å². The normalized spacial score (nSPS) is 10.1. The number of carbonyl (C=O) groups excluding carboxylic acids is 1. The molecule has 4 nitrogen and oxygen atoms in total. The van der Waals surface area contributed by atoms with Crippen LogP contribution in [0.4, 0.5) is 8.78 Å². The van der Waals surface area contributed by atoms with Gasteiger partial charge in [-0.1, -0.05) is 0 Å². The number of nitriles is 1. The van der Waals surface area contributed by atoms with Gasteiger partial charge in [0, 0.05) is 5.69 Å². The van der Waals surface area contributed by atoms with Gasteiger partial charge in [0.15, 0.2) is 0 Å². The summed E-state index contributed by atoms with van der Waals surface area (Å²) in [5.41, 5.74) is -0.249. The Morgan fingerprint density at radius 3 is 2.76 bits per heavy atom. The van der Waals surface area contributed by atoms with Crippen molar-refractivity contribution >= 4 is 5.97 Å². The first-order valence-corrected chi connectivity index (χ1v) is 4.75. The second-order valence-electron chi connectivity index (χ2n) is 3.33. The lowest BCUT2D eigenvalue weighted by Gasteiger charge is -2.08. The molecule has 0 fully saturated rings. The molecule has 0 N–H and O–H groups in total.